The molecule has 3 N–H and O–H groups in total. The molecule has 0 atom stereocenters. The standard InChI is InChI=1S/C19H18N2O4/c1-19(2,3)7-6-10-4-5-14-11(8-10)15(22)12-9-13(18(23)24)16(20)21-17(12)25-14/h4-9H,1-3H3,(H2,20,21)(H,23,24). The van der Waals surface area contributed by atoms with Crippen LogP contribution in [0.1, 0.15) is 36.7 Å². The Hall–Kier alpha value is -3.15. The van der Waals surface area contributed by atoms with E-state index in [0.717, 1.165) is 5.56 Å². The van der Waals surface area contributed by atoms with E-state index in [9.17, 15) is 9.59 Å². The van der Waals surface area contributed by atoms with Crippen LogP contribution in [0.2, 0.25) is 0 Å². The Morgan fingerprint density at radius 3 is 2.60 bits per heavy atom. The van der Waals surface area contributed by atoms with Crippen LogP contribution in [-0.2, 0) is 0 Å². The van der Waals surface area contributed by atoms with Crippen molar-refractivity contribution in [2.45, 2.75) is 20.8 Å². The molecule has 0 saturated carbocycles. The third-order valence-electron chi connectivity index (χ3n) is 3.72. The van der Waals surface area contributed by atoms with E-state index in [4.69, 9.17) is 15.3 Å². The van der Waals surface area contributed by atoms with Gasteiger partial charge in [0.05, 0.1) is 10.8 Å². The van der Waals surface area contributed by atoms with Gasteiger partial charge in [-0.15, -0.1) is 0 Å². The molecule has 0 fully saturated rings. The fourth-order valence-corrected chi connectivity index (χ4v) is 2.43. The van der Waals surface area contributed by atoms with Crippen molar-refractivity contribution in [3.63, 3.8) is 0 Å². The molecular weight excluding hydrogens is 320 g/mol. The predicted molar refractivity (Wildman–Crippen MR) is 97.6 cm³/mol. The number of nitrogens with zero attached hydrogens (tertiary/aromatic N) is 1. The van der Waals surface area contributed by atoms with Gasteiger partial charge in [0.1, 0.15) is 17.0 Å². The van der Waals surface area contributed by atoms with Gasteiger partial charge in [-0.1, -0.05) is 39.0 Å². The van der Waals surface area contributed by atoms with Crippen molar-refractivity contribution in [2.24, 2.45) is 5.41 Å². The number of hydrogen-bond acceptors (Lipinski definition) is 5. The van der Waals surface area contributed by atoms with Gasteiger partial charge in [0.2, 0.25) is 11.1 Å². The van der Waals surface area contributed by atoms with E-state index < -0.39 is 5.97 Å². The number of nitrogens with two attached hydrogens (primary N) is 1. The summed E-state index contributed by atoms with van der Waals surface area (Å²) in [7, 11) is 0. The number of anilines is 1. The van der Waals surface area contributed by atoms with Gasteiger partial charge in [0, 0.05) is 0 Å². The number of allylic oxidation sites excluding steroid dienone is 1. The van der Waals surface area contributed by atoms with Gasteiger partial charge in [0.25, 0.3) is 0 Å². The van der Waals surface area contributed by atoms with Crippen molar-refractivity contribution in [1.82, 2.24) is 4.98 Å². The summed E-state index contributed by atoms with van der Waals surface area (Å²) in [6.07, 6.45) is 3.98. The second-order valence-corrected chi connectivity index (χ2v) is 6.97. The topological polar surface area (TPSA) is 106 Å². The number of aromatic carboxylic acids is 1. The number of benzene rings is 1. The van der Waals surface area contributed by atoms with Gasteiger partial charge >= 0.3 is 5.97 Å². The first kappa shape index (κ1) is 16.7. The Balaban J connectivity index is 2.26. The summed E-state index contributed by atoms with van der Waals surface area (Å²) in [4.78, 5) is 27.9. The number of nitrogen functional groups attached to an aromatic ring is 1. The fraction of sp³-hybridized carbons (Fsp3) is 0.211. The minimum absolute atomic E-state index is 0.0147. The summed E-state index contributed by atoms with van der Waals surface area (Å²) in [5, 5.41) is 9.62. The molecule has 0 bridgehead atoms. The van der Waals surface area contributed by atoms with E-state index >= 15 is 0 Å². The maximum atomic E-state index is 12.8. The van der Waals surface area contributed by atoms with Crippen LogP contribution in [0.15, 0.2) is 39.6 Å². The SMILES string of the molecule is CC(C)(C)C=Cc1ccc2oc3nc(N)c(C(=O)O)cc3c(=O)c2c1. The highest BCUT2D eigenvalue weighted by molar-refractivity contribution is 5.98. The summed E-state index contributed by atoms with van der Waals surface area (Å²) >= 11 is 0. The maximum Gasteiger partial charge on any atom is 0.339 e. The molecule has 0 aliphatic heterocycles. The molecule has 6 nitrogen and oxygen atoms in total. The van der Waals surface area contributed by atoms with E-state index in [1.165, 1.54) is 6.07 Å². The number of rotatable bonds is 2. The summed E-state index contributed by atoms with van der Waals surface area (Å²) in [6, 6.07) is 6.47. The van der Waals surface area contributed by atoms with Gasteiger partial charge < -0.3 is 15.3 Å². The van der Waals surface area contributed by atoms with Gasteiger partial charge in [-0.3, -0.25) is 4.79 Å². The molecule has 0 aliphatic rings. The highest BCUT2D eigenvalue weighted by Crippen LogP contribution is 2.23. The Morgan fingerprint density at radius 1 is 1.24 bits per heavy atom. The molecule has 0 radical (unpaired) electrons. The van der Waals surface area contributed by atoms with Crippen molar-refractivity contribution < 1.29 is 14.3 Å². The number of pyridine rings is 1. The number of carboxylic acid groups (broad SMARTS) is 1. The first-order chi connectivity index (χ1) is 11.7. The lowest BCUT2D eigenvalue weighted by atomic mass is 9.95. The van der Waals surface area contributed by atoms with E-state index in [-0.39, 0.29) is 33.3 Å². The second kappa shape index (κ2) is 5.73. The number of fused-ring (bicyclic) bond motifs is 2. The molecule has 2 aromatic heterocycles. The van der Waals surface area contributed by atoms with Crippen molar-refractivity contribution in [3.05, 3.63) is 51.7 Å². The van der Waals surface area contributed by atoms with Crippen LogP contribution < -0.4 is 11.2 Å². The summed E-state index contributed by atoms with van der Waals surface area (Å²) in [6.45, 7) is 6.24. The zero-order valence-corrected chi connectivity index (χ0v) is 14.2. The van der Waals surface area contributed by atoms with Gasteiger partial charge in [0.15, 0.2) is 0 Å². The molecule has 0 saturated heterocycles. The van der Waals surface area contributed by atoms with Crippen molar-refractivity contribution in [3.8, 4) is 0 Å². The van der Waals surface area contributed by atoms with Gasteiger partial charge in [-0.25, -0.2) is 4.79 Å². The molecule has 2 heterocycles. The minimum Gasteiger partial charge on any atom is -0.478 e. The third-order valence-corrected chi connectivity index (χ3v) is 3.72. The van der Waals surface area contributed by atoms with Crippen molar-refractivity contribution in [1.29, 1.82) is 0 Å². The number of hydrogen-bond donors (Lipinski definition) is 2. The molecule has 0 spiro atoms. The molecule has 1 aromatic carbocycles. The molecule has 6 heteroatoms. The van der Waals surface area contributed by atoms with Crippen LogP contribution in [0, 0.1) is 5.41 Å². The number of aromatic nitrogens is 1. The van der Waals surface area contributed by atoms with E-state index in [1.807, 2.05) is 18.2 Å². The maximum absolute atomic E-state index is 12.8. The monoisotopic (exact) mass is 338 g/mol. The van der Waals surface area contributed by atoms with Crippen LogP contribution in [-0.4, -0.2) is 16.1 Å². The Kier molecular flexibility index (Phi) is 3.83. The normalized spacial score (nSPS) is 12.3. The van der Waals surface area contributed by atoms with Gasteiger partial charge in [-0.05, 0) is 29.2 Å². The van der Waals surface area contributed by atoms with Crippen molar-refractivity contribution >= 4 is 39.9 Å². The predicted octanol–water partition coefficient (Wildman–Crippen LogP) is 3.68. The number of carboxylic acids is 1. The lowest BCUT2D eigenvalue weighted by Gasteiger charge is -2.11. The molecule has 25 heavy (non-hydrogen) atoms. The molecule has 0 amide bonds. The van der Waals surface area contributed by atoms with Crippen LogP contribution >= 0.6 is 0 Å². The zero-order valence-electron chi connectivity index (χ0n) is 14.2. The van der Waals surface area contributed by atoms with Crippen molar-refractivity contribution in [2.75, 3.05) is 5.73 Å². The van der Waals surface area contributed by atoms with E-state index in [2.05, 4.69) is 25.8 Å². The lowest BCUT2D eigenvalue weighted by Crippen LogP contribution is -2.09. The number of carbonyl (C=O) groups is 1. The first-order valence-electron chi connectivity index (χ1n) is 7.75. The molecule has 3 aromatic rings. The highest BCUT2D eigenvalue weighted by atomic mass is 16.4. The fourth-order valence-electron chi connectivity index (χ4n) is 2.43. The quantitative estimate of drug-likeness (QED) is 0.690. The average molecular weight is 338 g/mol. The highest BCUT2D eigenvalue weighted by Gasteiger charge is 2.16. The van der Waals surface area contributed by atoms with Crippen LogP contribution in [0.4, 0.5) is 5.82 Å². The average Bonchev–Trinajstić information content (AvgIpc) is 2.52. The molecule has 128 valence electrons. The van der Waals surface area contributed by atoms with Crippen LogP contribution in [0.25, 0.3) is 28.1 Å². The summed E-state index contributed by atoms with van der Waals surface area (Å²) in [5.41, 5.74) is 6.34. The lowest BCUT2D eigenvalue weighted by molar-refractivity contribution is 0.0698. The van der Waals surface area contributed by atoms with Crippen LogP contribution in [0.3, 0.4) is 0 Å². The van der Waals surface area contributed by atoms with Gasteiger partial charge in [-0.2, -0.15) is 4.98 Å². The third kappa shape index (κ3) is 3.24. The Morgan fingerprint density at radius 2 is 1.96 bits per heavy atom. The largest absolute Gasteiger partial charge is 0.478 e. The zero-order chi connectivity index (χ0) is 18.4. The molecule has 3 rings (SSSR count). The van der Waals surface area contributed by atoms with E-state index in [1.54, 1.807) is 12.1 Å². The Labute approximate surface area is 143 Å². The molecular formula is C19H18N2O4. The second-order valence-electron chi connectivity index (χ2n) is 6.97. The Bertz CT molecular complexity index is 1090. The van der Waals surface area contributed by atoms with Crippen LogP contribution in [0.5, 0.6) is 0 Å². The minimum atomic E-state index is -1.24. The first-order valence-corrected chi connectivity index (χ1v) is 7.75. The summed E-state index contributed by atoms with van der Waals surface area (Å²) < 4.78 is 5.63. The smallest absolute Gasteiger partial charge is 0.339 e. The summed E-state index contributed by atoms with van der Waals surface area (Å²) in [5.74, 6) is -1.43. The van der Waals surface area contributed by atoms with E-state index in [0.29, 0.717) is 11.0 Å². The molecule has 0 aliphatic carbocycles. The molecule has 0 unspecified atom stereocenters.